The second-order valence-corrected chi connectivity index (χ2v) is 11.0. The summed E-state index contributed by atoms with van der Waals surface area (Å²) in [5.41, 5.74) is 6.03. The molecule has 0 radical (unpaired) electrons. The summed E-state index contributed by atoms with van der Waals surface area (Å²) in [4.78, 5) is 16.0. The number of piperidine rings is 1. The van der Waals surface area contributed by atoms with E-state index in [1.807, 2.05) is 12.1 Å². The molecule has 0 aromatic heterocycles. The van der Waals surface area contributed by atoms with Gasteiger partial charge in [-0.15, -0.1) is 0 Å². The van der Waals surface area contributed by atoms with Crippen LogP contribution in [0.5, 0.6) is 5.75 Å². The van der Waals surface area contributed by atoms with Gasteiger partial charge in [-0.05, 0) is 60.1 Å². The maximum atomic E-state index is 11.3. The molecule has 2 aromatic rings. The number of rotatable bonds is 8. The number of ether oxygens (including phenoxy) is 2. The Morgan fingerprint density at radius 1 is 1.18 bits per heavy atom. The van der Waals surface area contributed by atoms with Crippen molar-refractivity contribution < 1.29 is 19.4 Å². The van der Waals surface area contributed by atoms with E-state index in [0.29, 0.717) is 25.0 Å². The summed E-state index contributed by atoms with van der Waals surface area (Å²) in [6.07, 6.45) is 1.32. The summed E-state index contributed by atoms with van der Waals surface area (Å²) in [6, 6.07) is 14.3. The van der Waals surface area contributed by atoms with Crippen LogP contribution >= 0.6 is 11.8 Å². The molecule has 1 unspecified atom stereocenters. The zero-order chi connectivity index (χ0) is 26.5. The summed E-state index contributed by atoms with van der Waals surface area (Å²) in [7, 11) is 0. The number of likely N-dealkylation sites (tertiary alicyclic amines) is 1. The zero-order valence-corrected chi connectivity index (χ0v) is 22.5. The normalized spacial score (nSPS) is 20.9. The van der Waals surface area contributed by atoms with Crippen LogP contribution in [-0.4, -0.2) is 65.8 Å². The number of nitrogens with zero attached hydrogens (tertiary/aromatic N) is 3. The molecule has 9 heteroatoms. The minimum atomic E-state index is -0.701. The predicted octanol–water partition coefficient (Wildman–Crippen LogP) is 3.99. The predicted molar refractivity (Wildman–Crippen MR) is 147 cm³/mol. The lowest BCUT2D eigenvalue weighted by molar-refractivity contribution is -0.143. The highest BCUT2D eigenvalue weighted by Gasteiger charge is 2.31. The first-order valence-corrected chi connectivity index (χ1v) is 14.1. The average Bonchev–Trinajstić information content (AvgIpc) is 3.43. The van der Waals surface area contributed by atoms with Crippen LogP contribution < -0.4 is 10.1 Å². The number of carboxylic acid groups (broad SMARTS) is 1. The van der Waals surface area contributed by atoms with E-state index >= 15 is 0 Å². The van der Waals surface area contributed by atoms with Crippen LogP contribution in [0.1, 0.15) is 40.7 Å². The molecule has 3 aliphatic heterocycles. The third kappa shape index (κ3) is 6.33. The van der Waals surface area contributed by atoms with Crippen LogP contribution in [0.2, 0.25) is 0 Å². The standard InChI is InChI=1S/C29H34N4O4S/c1-20-14-22(17-32-10-12-36-13-11-32)2-4-24(20)18-37-27-5-3-21(16-30)15-25(27)26-19-38-29(31-26)33-8-6-23(7-9-33)28(34)35/h2-5,14-15,19,23,29,31H,6-13,17-18H2,1H3,(H,34,35). The van der Waals surface area contributed by atoms with Crippen molar-refractivity contribution in [1.29, 1.82) is 5.26 Å². The van der Waals surface area contributed by atoms with E-state index in [-0.39, 0.29) is 11.4 Å². The zero-order valence-electron chi connectivity index (χ0n) is 21.7. The van der Waals surface area contributed by atoms with Gasteiger partial charge in [0, 0.05) is 38.3 Å². The molecule has 0 bridgehead atoms. The molecule has 3 aliphatic rings. The Balaban J connectivity index is 1.23. The number of aryl methyl sites for hydroxylation is 1. The number of carboxylic acids is 1. The summed E-state index contributed by atoms with van der Waals surface area (Å²) in [5.74, 6) is -0.229. The minimum Gasteiger partial charge on any atom is -0.488 e. The Kier molecular flexibility index (Phi) is 8.55. The Labute approximate surface area is 228 Å². The van der Waals surface area contributed by atoms with Crippen LogP contribution in [0.25, 0.3) is 5.70 Å². The monoisotopic (exact) mass is 534 g/mol. The Morgan fingerprint density at radius 2 is 1.97 bits per heavy atom. The van der Waals surface area contributed by atoms with E-state index < -0.39 is 5.97 Å². The molecule has 2 aromatic carbocycles. The van der Waals surface area contributed by atoms with Gasteiger partial charge in [0.2, 0.25) is 0 Å². The van der Waals surface area contributed by atoms with Gasteiger partial charge in [0.25, 0.3) is 0 Å². The minimum absolute atomic E-state index is 0.0413. The molecule has 8 nitrogen and oxygen atoms in total. The molecule has 2 saturated heterocycles. The smallest absolute Gasteiger partial charge is 0.306 e. The molecule has 2 fully saturated rings. The molecular weight excluding hydrogens is 500 g/mol. The highest BCUT2D eigenvalue weighted by atomic mass is 32.2. The van der Waals surface area contributed by atoms with Crippen molar-refractivity contribution in [2.24, 2.45) is 5.92 Å². The second-order valence-electron chi connectivity index (χ2n) is 10.1. The van der Waals surface area contributed by atoms with Gasteiger partial charge < -0.3 is 19.9 Å². The van der Waals surface area contributed by atoms with Crippen molar-refractivity contribution in [1.82, 2.24) is 15.1 Å². The maximum absolute atomic E-state index is 11.3. The molecule has 3 heterocycles. The first kappa shape index (κ1) is 26.6. The van der Waals surface area contributed by atoms with E-state index in [0.717, 1.165) is 68.5 Å². The fourth-order valence-electron chi connectivity index (χ4n) is 5.16. The lowest BCUT2D eigenvalue weighted by Crippen LogP contribution is -2.45. The Bertz CT molecular complexity index is 1230. The fourth-order valence-corrected chi connectivity index (χ4v) is 6.20. The van der Waals surface area contributed by atoms with Crippen LogP contribution in [0.3, 0.4) is 0 Å². The number of benzene rings is 2. The van der Waals surface area contributed by atoms with Crippen molar-refractivity contribution >= 4 is 23.4 Å². The topological polar surface area (TPSA) is 98.1 Å². The van der Waals surface area contributed by atoms with Crippen LogP contribution in [0.4, 0.5) is 0 Å². The van der Waals surface area contributed by atoms with Crippen molar-refractivity contribution in [2.75, 3.05) is 39.4 Å². The number of nitriles is 1. The summed E-state index contributed by atoms with van der Waals surface area (Å²) in [6.45, 7) is 8.50. The lowest BCUT2D eigenvalue weighted by atomic mass is 9.97. The molecular formula is C29H34N4O4S. The Hall–Kier alpha value is -3.03. The number of hydrogen-bond donors (Lipinski definition) is 2. The molecule has 0 aliphatic carbocycles. The highest BCUT2D eigenvalue weighted by Crippen LogP contribution is 2.36. The molecule has 0 amide bonds. The molecule has 2 N–H and O–H groups in total. The number of thioether (sulfide) groups is 1. The molecule has 1 atom stereocenters. The number of nitrogens with one attached hydrogen (secondary N) is 1. The summed E-state index contributed by atoms with van der Waals surface area (Å²) in [5, 5.41) is 24.4. The van der Waals surface area contributed by atoms with Gasteiger partial charge in [-0.2, -0.15) is 5.26 Å². The van der Waals surface area contributed by atoms with Crippen LogP contribution in [-0.2, 0) is 22.7 Å². The van der Waals surface area contributed by atoms with Crippen LogP contribution in [0, 0.1) is 24.2 Å². The summed E-state index contributed by atoms with van der Waals surface area (Å²) < 4.78 is 11.8. The molecule has 0 spiro atoms. The summed E-state index contributed by atoms with van der Waals surface area (Å²) >= 11 is 1.67. The van der Waals surface area contributed by atoms with E-state index in [9.17, 15) is 15.2 Å². The third-order valence-electron chi connectivity index (χ3n) is 7.50. The quantitative estimate of drug-likeness (QED) is 0.521. The molecule has 5 rings (SSSR count). The van der Waals surface area contributed by atoms with Crippen molar-refractivity contribution in [3.63, 3.8) is 0 Å². The van der Waals surface area contributed by atoms with Crippen molar-refractivity contribution in [3.8, 4) is 11.8 Å². The second kappa shape index (κ2) is 12.2. The Morgan fingerprint density at radius 3 is 2.68 bits per heavy atom. The van der Waals surface area contributed by atoms with Gasteiger partial charge >= 0.3 is 5.97 Å². The van der Waals surface area contributed by atoms with Crippen molar-refractivity contribution in [3.05, 3.63) is 69.6 Å². The van der Waals surface area contributed by atoms with Gasteiger partial charge in [-0.3, -0.25) is 14.6 Å². The largest absolute Gasteiger partial charge is 0.488 e. The number of carbonyl (C=O) groups is 1. The van der Waals surface area contributed by atoms with Gasteiger partial charge in [0.1, 0.15) is 17.9 Å². The van der Waals surface area contributed by atoms with E-state index in [1.54, 1.807) is 17.8 Å². The third-order valence-corrected chi connectivity index (χ3v) is 8.55. The van der Waals surface area contributed by atoms with Gasteiger partial charge in [-0.25, -0.2) is 0 Å². The highest BCUT2D eigenvalue weighted by molar-refractivity contribution is 8.03. The van der Waals surface area contributed by atoms with E-state index in [4.69, 9.17) is 9.47 Å². The average molecular weight is 535 g/mol. The van der Waals surface area contributed by atoms with Gasteiger partial charge in [0.05, 0.1) is 36.5 Å². The number of morpholine rings is 1. The molecule has 38 heavy (non-hydrogen) atoms. The first-order valence-electron chi connectivity index (χ1n) is 13.1. The first-order chi connectivity index (χ1) is 18.5. The van der Waals surface area contributed by atoms with E-state index in [2.05, 4.69) is 51.7 Å². The SMILES string of the molecule is Cc1cc(CN2CCOCC2)ccc1COc1ccc(C#N)cc1C1=CSC(N2CCC(C(=O)O)CC2)N1. The van der Waals surface area contributed by atoms with Crippen molar-refractivity contribution in [2.45, 2.75) is 38.4 Å². The van der Waals surface area contributed by atoms with E-state index in [1.165, 1.54) is 11.1 Å². The fraction of sp³-hybridized carbons (Fsp3) is 0.448. The molecule has 0 saturated carbocycles. The van der Waals surface area contributed by atoms with Gasteiger partial charge in [-0.1, -0.05) is 30.0 Å². The number of aliphatic carboxylic acids is 1. The number of hydrogen-bond acceptors (Lipinski definition) is 8. The molecule has 200 valence electrons. The lowest BCUT2D eigenvalue weighted by Gasteiger charge is -2.34. The maximum Gasteiger partial charge on any atom is 0.306 e. The van der Waals surface area contributed by atoms with Gasteiger partial charge in [0.15, 0.2) is 0 Å². The van der Waals surface area contributed by atoms with Crippen LogP contribution in [0.15, 0.2) is 41.8 Å².